The van der Waals surface area contributed by atoms with Gasteiger partial charge in [0.05, 0.1) is 0 Å². The van der Waals surface area contributed by atoms with E-state index in [-0.39, 0.29) is 5.78 Å². The lowest BCUT2D eigenvalue weighted by Gasteiger charge is -2.13. The Labute approximate surface area is 85.3 Å². The number of Topliss-reactive ketones (excluding diaryl/α,β-unsaturated/α-hetero) is 1. The highest BCUT2D eigenvalue weighted by Gasteiger charge is 2.19. The molecular formula is C9H11BrN2O. The summed E-state index contributed by atoms with van der Waals surface area (Å²) in [4.78, 5) is 15.5. The summed E-state index contributed by atoms with van der Waals surface area (Å²) < 4.78 is 2.95. The van der Waals surface area contributed by atoms with Crippen molar-refractivity contribution in [3.05, 3.63) is 16.1 Å². The first-order chi connectivity index (χ1) is 6.20. The maximum absolute atomic E-state index is 11.2. The van der Waals surface area contributed by atoms with Crippen molar-refractivity contribution in [1.29, 1.82) is 0 Å². The lowest BCUT2D eigenvalue weighted by atomic mass is 10.2. The zero-order valence-electron chi connectivity index (χ0n) is 7.51. The van der Waals surface area contributed by atoms with Crippen LogP contribution in [0.5, 0.6) is 0 Å². The Kier molecular flexibility index (Phi) is 2.24. The Balaban J connectivity index is 2.50. The maximum Gasteiger partial charge on any atom is 0.180 e. The number of nitrogens with zero attached hydrogens (tertiary/aromatic N) is 2. The van der Waals surface area contributed by atoms with E-state index in [1.165, 1.54) is 12.8 Å². The van der Waals surface area contributed by atoms with Gasteiger partial charge in [0.2, 0.25) is 0 Å². The second kappa shape index (κ2) is 3.25. The summed E-state index contributed by atoms with van der Waals surface area (Å²) >= 11 is 3.42. The molecular weight excluding hydrogens is 232 g/mol. The highest BCUT2D eigenvalue weighted by Crippen LogP contribution is 2.24. The Morgan fingerprint density at radius 1 is 1.54 bits per heavy atom. The second-order valence-corrected chi connectivity index (χ2v) is 4.08. The van der Waals surface area contributed by atoms with Crippen LogP contribution in [0, 0.1) is 0 Å². The molecule has 0 amide bonds. The number of imidazole rings is 1. The molecule has 1 aromatic heterocycles. The van der Waals surface area contributed by atoms with Gasteiger partial charge in [-0.2, -0.15) is 0 Å². The number of carbonyl (C=O) groups is 1. The summed E-state index contributed by atoms with van der Waals surface area (Å²) in [5, 5.41) is 0. The molecule has 0 spiro atoms. The van der Waals surface area contributed by atoms with Gasteiger partial charge in [0.25, 0.3) is 0 Å². The van der Waals surface area contributed by atoms with Crippen molar-refractivity contribution in [2.24, 2.45) is 0 Å². The summed E-state index contributed by atoms with van der Waals surface area (Å²) in [6, 6.07) is 0. The summed E-state index contributed by atoms with van der Waals surface area (Å²) in [5.74, 6) is 1.08. The van der Waals surface area contributed by atoms with Crippen LogP contribution in [0.2, 0.25) is 0 Å². The van der Waals surface area contributed by atoms with Crippen molar-refractivity contribution in [1.82, 2.24) is 9.55 Å². The topological polar surface area (TPSA) is 34.9 Å². The standard InChI is InChI=1S/C9H11BrN2O/c1-6(13)8-9(10)12-5-3-2-4-7(12)11-8/h2-5H2,1H3. The van der Waals surface area contributed by atoms with Crippen LogP contribution in [0.3, 0.4) is 0 Å². The van der Waals surface area contributed by atoms with Crippen molar-refractivity contribution < 1.29 is 4.79 Å². The van der Waals surface area contributed by atoms with Crippen molar-refractivity contribution in [3.8, 4) is 0 Å². The first-order valence-corrected chi connectivity index (χ1v) is 5.25. The van der Waals surface area contributed by atoms with E-state index >= 15 is 0 Å². The third-order valence-electron chi connectivity index (χ3n) is 2.35. The van der Waals surface area contributed by atoms with Gasteiger partial charge in [0, 0.05) is 19.9 Å². The molecule has 2 rings (SSSR count). The number of ketones is 1. The molecule has 0 radical (unpaired) electrons. The van der Waals surface area contributed by atoms with E-state index in [0.717, 1.165) is 23.4 Å². The SMILES string of the molecule is CC(=O)c1nc2n(c1Br)CCCC2. The summed E-state index contributed by atoms with van der Waals surface area (Å²) in [5.41, 5.74) is 0.580. The third kappa shape index (κ3) is 1.43. The number of halogens is 1. The molecule has 2 heterocycles. The molecule has 13 heavy (non-hydrogen) atoms. The van der Waals surface area contributed by atoms with Crippen LogP contribution in [0.25, 0.3) is 0 Å². The van der Waals surface area contributed by atoms with Crippen LogP contribution in [0.1, 0.15) is 36.1 Å². The zero-order valence-corrected chi connectivity index (χ0v) is 9.10. The largest absolute Gasteiger partial charge is 0.322 e. The molecule has 0 saturated carbocycles. The van der Waals surface area contributed by atoms with Gasteiger partial charge >= 0.3 is 0 Å². The number of aryl methyl sites for hydroxylation is 1. The molecule has 1 aliphatic rings. The van der Waals surface area contributed by atoms with Gasteiger partial charge in [-0.1, -0.05) is 0 Å². The fourth-order valence-corrected chi connectivity index (χ4v) is 2.42. The quantitative estimate of drug-likeness (QED) is 0.708. The Hall–Kier alpha value is -0.640. The number of rotatable bonds is 1. The Morgan fingerprint density at radius 3 is 2.92 bits per heavy atom. The van der Waals surface area contributed by atoms with E-state index in [9.17, 15) is 4.79 Å². The van der Waals surface area contributed by atoms with Crippen LogP contribution in [-0.4, -0.2) is 15.3 Å². The lowest BCUT2D eigenvalue weighted by Crippen LogP contribution is -2.10. The monoisotopic (exact) mass is 242 g/mol. The normalized spacial score (nSPS) is 15.5. The molecule has 4 heteroatoms. The maximum atomic E-state index is 11.2. The molecule has 0 aromatic carbocycles. The predicted octanol–water partition coefficient (Wildman–Crippen LogP) is 2.18. The lowest BCUT2D eigenvalue weighted by molar-refractivity contribution is 0.101. The molecule has 3 nitrogen and oxygen atoms in total. The molecule has 70 valence electrons. The van der Waals surface area contributed by atoms with E-state index in [2.05, 4.69) is 25.5 Å². The Bertz CT molecular complexity index is 357. The zero-order chi connectivity index (χ0) is 9.42. The van der Waals surface area contributed by atoms with Crippen molar-refractivity contribution >= 4 is 21.7 Å². The molecule has 0 N–H and O–H groups in total. The van der Waals surface area contributed by atoms with E-state index in [1.54, 1.807) is 6.92 Å². The molecule has 0 fully saturated rings. The minimum atomic E-state index is 0.0359. The number of fused-ring (bicyclic) bond motifs is 1. The van der Waals surface area contributed by atoms with E-state index in [4.69, 9.17) is 0 Å². The minimum Gasteiger partial charge on any atom is -0.322 e. The molecule has 0 aliphatic carbocycles. The van der Waals surface area contributed by atoms with Gasteiger partial charge in [0.1, 0.15) is 16.1 Å². The average Bonchev–Trinajstić information content (AvgIpc) is 2.45. The Morgan fingerprint density at radius 2 is 2.31 bits per heavy atom. The molecule has 0 unspecified atom stereocenters. The number of hydrogen-bond acceptors (Lipinski definition) is 2. The number of hydrogen-bond donors (Lipinski definition) is 0. The van der Waals surface area contributed by atoms with E-state index in [0.29, 0.717) is 5.69 Å². The fraction of sp³-hybridized carbons (Fsp3) is 0.556. The van der Waals surface area contributed by atoms with Gasteiger partial charge in [-0.25, -0.2) is 4.98 Å². The second-order valence-electron chi connectivity index (χ2n) is 3.33. The predicted molar refractivity (Wildman–Crippen MR) is 52.9 cm³/mol. The van der Waals surface area contributed by atoms with E-state index < -0.39 is 0 Å². The van der Waals surface area contributed by atoms with Crippen LogP contribution in [-0.2, 0) is 13.0 Å². The summed E-state index contributed by atoms with van der Waals surface area (Å²) in [6.45, 7) is 2.54. The third-order valence-corrected chi connectivity index (χ3v) is 3.15. The van der Waals surface area contributed by atoms with E-state index in [1.807, 2.05) is 0 Å². The molecule has 0 saturated heterocycles. The van der Waals surface area contributed by atoms with Crippen LogP contribution < -0.4 is 0 Å². The van der Waals surface area contributed by atoms with Crippen LogP contribution >= 0.6 is 15.9 Å². The average molecular weight is 243 g/mol. The molecule has 1 aliphatic heterocycles. The first kappa shape index (κ1) is 8.94. The summed E-state index contributed by atoms with van der Waals surface area (Å²) in [7, 11) is 0. The van der Waals surface area contributed by atoms with Crippen molar-refractivity contribution in [2.75, 3.05) is 0 Å². The first-order valence-electron chi connectivity index (χ1n) is 4.46. The van der Waals surface area contributed by atoms with Crippen LogP contribution in [0.15, 0.2) is 4.60 Å². The van der Waals surface area contributed by atoms with Crippen LogP contribution in [0.4, 0.5) is 0 Å². The highest BCUT2D eigenvalue weighted by molar-refractivity contribution is 9.10. The van der Waals surface area contributed by atoms with Gasteiger partial charge in [0.15, 0.2) is 5.78 Å². The molecule has 0 bridgehead atoms. The minimum absolute atomic E-state index is 0.0359. The smallest absolute Gasteiger partial charge is 0.180 e. The van der Waals surface area contributed by atoms with Gasteiger partial charge in [-0.05, 0) is 28.8 Å². The van der Waals surface area contributed by atoms with Gasteiger partial charge in [-0.3, -0.25) is 4.79 Å². The highest BCUT2D eigenvalue weighted by atomic mass is 79.9. The number of aromatic nitrogens is 2. The van der Waals surface area contributed by atoms with Gasteiger partial charge in [-0.15, -0.1) is 0 Å². The number of carbonyl (C=O) groups excluding carboxylic acids is 1. The molecule has 0 atom stereocenters. The van der Waals surface area contributed by atoms with Crippen molar-refractivity contribution in [2.45, 2.75) is 32.7 Å². The summed E-state index contributed by atoms with van der Waals surface area (Å²) in [6.07, 6.45) is 3.35. The van der Waals surface area contributed by atoms with Gasteiger partial charge < -0.3 is 4.57 Å². The van der Waals surface area contributed by atoms with Crippen molar-refractivity contribution in [3.63, 3.8) is 0 Å². The molecule has 1 aromatic rings. The fourth-order valence-electron chi connectivity index (χ4n) is 1.67.